The van der Waals surface area contributed by atoms with Gasteiger partial charge in [-0.3, -0.25) is 4.79 Å². The normalized spacial score (nSPS) is 30.2. The number of carboxylic acids is 1. The number of aromatic carboxylic acids is 1. The minimum absolute atomic E-state index is 0.138. The summed E-state index contributed by atoms with van der Waals surface area (Å²) >= 11 is 0. The molecule has 2 aromatic rings. The van der Waals surface area contributed by atoms with Crippen molar-refractivity contribution in [1.82, 2.24) is 9.99 Å². The molecule has 2 fully saturated rings. The third kappa shape index (κ3) is 2.87. The first-order chi connectivity index (χ1) is 14.2. The molecule has 1 saturated carbocycles. The van der Waals surface area contributed by atoms with Gasteiger partial charge >= 0.3 is 5.97 Å². The highest BCUT2D eigenvalue weighted by atomic mass is 16.5. The predicted molar refractivity (Wildman–Crippen MR) is 113 cm³/mol. The van der Waals surface area contributed by atoms with Gasteiger partial charge in [0.15, 0.2) is 0 Å². The van der Waals surface area contributed by atoms with Crippen molar-refractivity contribution in [3.8, 4) is 0 Å². The van der Waals surface area contributed by atoms with Crippen LogP contribution >= 0.6 is 0 Å². The molecular formula is C23H27N3O4. The van der Waals surface area contributed by atoms with E-state index < -0.39 is 11.5 Å². The maximum absolute atomic E-state index is 12.2. The van der Waals surface area contributed by atoms with Gasteiger partial charge in [-0.1, -0.05) is 13.0 Å². The zero-order valence-corrected chi connectivity index (χ0v) is 17.6. The first kappa shape index (κ1) is 19.3. The second kappa shape index (κ2) is 6.41. The van der Waals surface area contributed by atoms with E-state index in [-0.39, 0.29) is 29.5 Å². The molecule has 7 heteroatoms. The lowest BCUT2D eigenvalue weighted by molar-refractivity contribution is -0.119. The van der Waals surface area contributed by atoms with Crippen molar-refractivity contribution in [2.75, 3.05) is 6.61 Å². The van der Waals surface area contributed by atoms with Crippen molar-refractivity contribution < 1.29 is 19.4 Å². The van der Waals surface area contributed by atoms with E-state index in [1.807, 2.05) is 10.6 Å². The number of nitrogens with zero attached hydrogens (tertiary/aromatic N) is 2. The summed E-state index contributed by atoms with van der Waals surface area (Å²) in [5, 5.41) is 15.1. The van der Waals surface area contributed by atoms with Crippen molar-refractivity contribution in [2.24, 2.45) is 11.0 Å². The first-order valence-electron chi connectivity index (χ1n) is 10.6. The van der Waals surface area contributed by atoms with Crippen molar-refractivity contribution >= 4 is 28.5 Å². The molecule has 2 N–H and O–H groups in total. The van der Waals surface area contributed by atoms with E-state index in [1.54, 1.807) is 6.07 Å². The Labute approximate surface area is 175 Å². The fraction of sp³-hybridized carbons (Fsp3) is 0.522. The first-order valence-corrected chi connectivity index (χ1v) is 10.6. The Balaban J connectivity index is 1.61. The molecule has 0 radical (unpaired) electrons. The number of aromatic nitrogens is 1. The van der Waals surface area contributed by atoms with E-state index in [0.717, 1.165) is 42.5 Å². The van der Waals surface area contributed by atoms with Gasteiger partial charge in [0.2, 0.25) is 5.91 Å². The number of benzene rings is 1. The Kier molecular flexibility index (Phi) is 4.13. The average molecular weight is 409 g/mol. The number of ether oxygens (including phenoxy) is 1. The standard InChI is InChI=1S/C23H27N3O4/c1-13-11-23(13,19-10-20(27)25-24-19)26-17-5-4-14(8-16(17)9-18(26)21(28)29)15-6-7-30-22(2,3)12-15/h4-5,8-9,13,15H,6-7,10-12H2,1-3H3,(H,25,27)(H,28,29)/t13-,15-,23-/m0/s1. The molecular weight excluding hydrogens is 382 g/mol. The van der Waals surface area contributed by atoms with E-state index in [0.29, 0.717) is 5.92 Å². The quantitative estimate of drug-likeness (QED) is 0.807. The van der Waals surface area contributed by atoms with Crippen LogP contribution in [0.2, 0.25) is 0 Å². The highest BCUT2D eigenvalue weighted by molar-refractivity contribution is 6.11. The van der Waals surface area contributed by atoms with Gasteiger partial charge in [0.05, 0.1) is 23.3 Å². The molecule has 1 aromatic heterocycles. The van der Waals surface area contributed by atoms with Gasteiger partial charge in [-0.2, -0.15) is 5.10 Å². The smallest absolute Gasteiger partial charge is 0.352 e. The molecule has 1 aliphatic carbocycles. The summed E-state index contributed by atoms with van der Waals surface area (Å²) in [5.74, 6) is -0.490. The number of carbonyl (C=O) groups excluding carboxylic acids is 1. The lowest BCUT2D eigenvalue weighted by atomic mass is 9.83. The maximum atomic E-state index is 12.2. The van der Waals surface area contributed by atoms with Gasteiger partial charge in [0.25, 0.3) is 0 Å². The number of fused-ring (bicyclic) bond motifs is 1. The summed E-state index contributed by atoms with van der Waals surface area (Å²) in [7, 11) is 0. The Morgan fingerprint density at radius 1 is 1.30 bits per heavy atom. The van der Waals surface area contributed by atoms with Crippen molar-refractivity contribution in [1.29, 1.82) is 0 Å². The van der Waals surface area contributed by atoms with E-state index in [1.165, 1.54) is 5.56 Å². The molecule has 0 spiro atoms. The summed E-state index contributed by atoms with van der Waals surface area (Å²) in [6, 6.07) is 8.06. The molecule has 30 heavy (non-hydrogen) atoms. The van der Waals surface area contributed by atoms with Crippen LogP contribution in [0.1, 0.15) is 68.4 Å². The topological polar surface area (TPSA) is 92.9 Å². The molecule has 3 aliphatic rings. The molecule has 158 valence electrons. The lowest BCUT2D eigenvalue weighted by Gasteiger charge is -2.35. The number of hydrogen-bond donors (Lipinski definition) is 2. The van der Waals surface area contributed by atoms with E-state index in [4.69, 9.17) is 4.74 Å². The summed E-state index contributed by atoms with van der Waals surface area (Å²) in [6.07, 6.45) is 2.91. The Bertz CT molecular complexity index is 1100. The fourth-order valence-electron chi connectivity index (χ4n) is 5.45. The van der Waals surface area contributed by atoms with Crippen molar-refractivity contribution in [3.05, 3.63) is 35.5 Å². The van der Waals surface area contributed by atoms with E-state index >= 15 is 0 Å². The van der Waals surface area contributed by atoms with Crippen LogP contribution in [0.15, 0.2) is 29.4 Å². The largest absolute Gasteiger partial charge is 0.477 e. The summed E-state index contributed by atoms with van der Waals surface area (Å²) < 4.78 is 7.77. The number of hydrazone groups is 1. The van der Waals surface area contributed by atoms with Gasteiger partial charge in [-0.05, 0) is 68.7 Å². The van der Waals surface area contributed by atoms with Crippen LogP contribution in [-0.2, 0) is 15.1 Å². The molecule has 3 atom stereocenters. The molecule has 5 rings (SSSR count). The molecule has 7 nitrogen and oxygen atoms in total. The lowest BCUT2D eigenvalue weighted by Crippen LogP contribution is -2.33. The highest BCUT2D eigenvalue weighted by Crippen LogP contribution is 2.54. The Hall–Kier alpha value is -2.67. The van der Waals surface area contributed by atoms with Crippen LogP contribution in [0.4, 0.5) is 0 Å². The second-order valence-electron chi connectivity index (χ2n) is 9.59. The summed E-state index contributed by atoms with van der Waals surface area (Å²) in [5.41, 5.74) is 4.93. The summed E-state index contributed by atoms with van der Waals surface area (Å²) in [6.45, 7) is 7.05. The van der Waals surface area contributed by atoms with Crippen molar-refractivity contribution in [3.63, 3.8) is 0 Å². The SMILES string of the molecule is C[C@H]1C[C@]1(C1=NNC(=O)C1)n1c(C(=O)O)cc2cc([C@H]3CCOC(C)(C)C3)ccc21. The number of rotatable bonds is 4. The van der Waals surface area contributed by atoms with Crippen LogP contribution in [-0.4, -0.2) is 39.5 Å². The van der Waals surface area contributed by atoms with Crippen LogP contribution in [0.5, 0.6) is 0 Å². The number of carboxylic acid groups (broad SMARTS) is 1. The number of amides is 1. The van der Waals surface area contributed by atoms with Gasteiger partial charge < -0.3 is 14.4 Å². The van der Waals surface area contributed by atoms with Gasteiger partial charge in [-0.15, -0.1) is 0 Å². The predicted octanol–water partition coefficient (Wildman–Crippen LogP) is 3.62. The van der Waals surface area contributed by atoms with E-state index in [9.17, 15) is 14.7 Å². The average Bonchev–Trinajstić information content (AvgIpc) is 3.03. The minimum atomic E-state index is -0.962. The second-order valence-corrected chi connectivity index (χ2v) is 9.59. The van der Waals surface area contributed by atoms with Crippen LogP contribution in [0.25, 0.3) is 10.9 Å². The highest BCUT2D eigenvalue weighted by Gasteiger charge is 2.59. The molecule has 0 bridgehead atoms. The number of nitrogens with one attached hydrogen (secondary N) is 1. The molecule has 1 aromatic carbocycles. The molecule has 1 saturated heterocycles. The van der Waals surface area contributed by atoms with Crippen LogP contribution < -0.4 is 5.43 Å². The molecule has 2 aliphatic heterocycles. The molecule has 3 heterocycles. The van der Waals surface area contributed by atoms with Crippen molar-refractivity contribution in [2.45, 2.75) is 63.5 Å². The third-order valence-corrected chi connectivity index (χ3v) is 7.03. The minimum Gasteiger partial charge on any atom is -0.477 e. The Morgan fingerprint density at radius 2 is 2.07 bits per heavy atom. The van der Waals surface area contributed by atoms with Gasteiger partial charge in [0.1, 0.15) is 5.69 Å². The fourth-order valence-corrected chi connectivity index (χ4v) is 5.45. The number of carbonyl (C=O) groups is 2. The summed E-state index contributed by atoms with van der Waals surface area (Å²) in [4.78, 5) is 24.0. The zero-order valence-electron chi connectivity index (χ0n) is 17.6. The number of hydrogen-bond acceptors (Lipinski definition) is 4. The zero-order chi connectivity index (χ0) is 21.3. The third-order valence-electron chi connectivity index (χ3n) is 7.03. The maximum Gasteiger partial charge on any atom is 0.352 e. The Morgan fingerprint density at radius 3 is 2.67 bits per heavy atom. The van der Waals surface area contributed by atoms with Crippen LogP contribution in [0, 0.1) is 5.92 Å². The molecule has 1 amide bonds. The van der Waals surface area contributed by atoms with E-state index in [2.05, 4.69) is 43.4 Å². The van der Waals surface area contributed by atoms with Gasteiger partial charge in [0, 0.05) is 17.5 Å². The molecule has 0 unspecified atom stereocenters. The monoisotopic (exact) mass is 409 g/mol. The van der Waals surface area contributed by atoms with Crippen LogP contribution in [0.3, 0.4) is 0 Å². The van der Waals surface area contributed by atoms with Gasteiger partial charge in [-0.25, -0.2) is 10.2 Å².